The van der Waals surface area contributed by atoms with Crippen LogP contribution in [0.3, 0.4) is 0 Å². The van der Waals surface area contributed by atoms with Crippen LogP contribution in [-0.4, -0.2) is 167 Å². The number of sulfonamides is 1. The highest BCUT2D eigenvalue weighted by molar-refractivity contribution is 7.90. The number of carboxylic acid groups (broad SMARTS) is 1. The van der Waals surface area contributed by atoms with Crippen LogP contribution in [-0.2, 0) is 58.4 Å². The summed E-state index contributed by atoms with van der Waals surface area (Å²) in [5, 5.41) is 39.5. The zero-order valence-corrected chi connectivity index (χ0v) is 81.3. The second kappa shape index (κ2) is 47.5. The van der Waals surface area contributed by atoms with Crippen molar-refractivity contribution < 1.29 is 87.8 Å². The Hall–Kier alpha value is -15.0. The SMILES string of the molecule is C[C@H](NC(=O)C1CCCN(C2=NS(=O)(=O)c3ccccc32)C1)c1ccc(F)cc1F.C[C@H](NC(=O)C1CCCN(c2cnc3nccnc3c2)C1)c1ccc(F)cc1.C[C@H](NC(=O)[NH+]1CCC[C@H]1C(=O)[O-])c1ccc(F)cc1.O=C(NCc1ccc(F)cc1Cl)C1CCCN(c2nnc3ccccn23)C1.O=C(NCc1ccc2c(c1)OCO2)C1C[C@@H](C(=O)Nc2ccc(F)cc2)CN(Cc2ccc3ccccc3c2)C1. The van der Waals surface area contributed by atoms with Gasteiger partial charge in [0.2, 0.25) is 42.3 Å². The number of carbonyl (C=O) groups is 7. The van der Waals surface area contributed by atoms with Crippen molar-refractivity contribution in [1.29, 1.82) is 0 Å². The molecule has 38 heteroatoms. The number of quaternary nitrogens is 1. The lowest BCUT2D eigenvalue weighted by atomic mass is 9.87. The van der Waals surface area contributed by atoms with Crippen LogP contribution in [0.25, 0.3) is 27.6 Å². The van der Waals surface area contributed by atoms with Crippen LogP contribution < -0.4 is 61.2 Å². The van der Waals surface area contributed by atoms with E-state index in [9.17, 15) is 73.4 Å². The predicted molar refractivity (Wildman–Crippen MR) is 531 cm³/mol. The molecule has 7 aliphatic heterocycles. The largest absolute Gasteiger partial charge is 0.544 e. The summed E-state index contributed by atoms with van der Waals surface area (Å²) in [6.07, 6.45) is 13.4. The average Bonchev–Trinajstić information content (AvgIpc) is 1.61. The maximum Gasteiger partial charge on any atom is 0.415 e. The van der Waals surface area contributed by atoms with Gasteiger partial charge in [0.25, 0.3) is 10.0 Å². The summed E-state index contributed by atoms with van der Waals surface area (Å²) in [6.45, 7) is 12.2. The molecular weight excluding hydrogens is 1910 g/mol. The van der Waals surface area contributed by atoms with Crippen LogP contribution in [0, 0.1) is 64.5 Å². The molecule has 5 unspecified atom stereocenters. The average molecular weight is 2020 g/mol. The zero-order chi connectivity index (χ0) is 102. The van der Waals surface area contributed by atoms with Gasteiger partial charge >= 0.3 is 6.03 Å². The third-order valence-electron chi connectivity index (χ3n) is 26.7. The number of amides is 7. The second-order valence-electron chi connectivity index (χ2n) is 36.8. The number of amidine groups is 1. The van der Waals surface area contributed by atoms with Gasteiger partial charge in [0.1, 0.15) is 51.4 Å². The number of piperidine rings is 4. The van der Waals surface area contributed by atoms with Gasteiger partial charge in [-0.3, -0.25) is 43.6 Å². The van der Waals surface area contributed by atoms with Gasteiger partial charge in [0.15, 0.2) is 28.6 Å². The monoisotopic (exact) mass is 2020 g/mol. The van der Waals surface area contributed by atoms with Crippen molar-refractivity contribution >= 4 is 114 Å². The molecule has 0 saturated carbocycles. The summed E-state index contributed by atoms with van der Waals surface area (Å²) in [5.41, 5.74) is 8.76. The number of nitrogens with one attached hydrogen (secondary N) is 7. The lowest BCUT2D eigenvalue weighted by molar-refractivity contribution is -0.822. The number of hydrogen-bond donors (Lipinski definition) is 7. The number of halogens is 7. The van der Waals surface area contributed by atoms with Gasteiger partial charge in [-0.25, -0.2) is 46.0 Å². The van der Waals surface area contributed by atoms with E-state index in [2.05, 4.69) is 106 Å². The number of aliphatic carboxylic acids is 1. The number of fused-ring (bicyclic) bond motifs is 5. The Morgan fingerprint density at radius 3 is 1.81 bits per heavy atom. The van der Waals surface area contributed by atoms with E-state index in [4.69, 9.17) is 21.1 Å². The molecule has 30 nitrogen and oxygen atoms in total. The van der Waals surface area contributed by atoms with Gasteiger partial charge < -0.3 is 60.7 Å². The normalized spacial score (nSPS) is 19.3. The number of pyridine rings is 2. The summed E-state index contributed by atoms with van der Waals surface area (Å²) in [6, 6.07) is 57.5. The number of anilines is 3. The van der Waals surface area contributed by atoms with Crippen LogP contribution in [0.2, 0.25) is 5.02 Å². The number of nitrogens with zero attached hydrogens (tertiary/aromatic N) is 11. The molecule has 0 radical (unpaired) electrons. The van der Waals surface area contributed by atoms with Crippen molar-refractivity contribution in [2.45, 2.75) is 127 Å². The summed E-state index contributed by atoms with van der Waals surface area (Å²) in [7, 11) is -3.73. The third-order valence-corrected chi connectivity index (χ3v) is 28.4. The van der Waals surface area contributed by atoms with Crippen LogP contribution in [0.5, 0.6) is 11.5 Å². The van der Waals surface area contributed by atoms with Gasteiger partial charge in [-0.1, -0.05) is 109 Å². The Morgan fingerprint density at radius 2 is 1.10 bits per heavy atom. The molecule has 7 N–H and O–H groups in total. The minimum absolute atomic E-state index is 0.0232. The first kappa shape index (κ1) is 103. The zero-order valence-electron chi connectivity index (χ0n) is 79.7. The predicted octanol–water partition coefficient (Wildman–Crippen LogP) is 13.8. The molecule has 145 heavy (non-hydrogen) atoms. The van der Waals surface area contributed by atoms with Crippen molar-refractivity contribution in [3.8, 4) is 11.5 Å². The smallest absolute Gasteiger partial charge is 0.415 e. The molecule has 7 amide bonds. The highest BCUT2D eigenvalue weighted by atomic mass is 35.5. The highest BCUT2D eigenvalue weighted by Gasteiger charge is 2.40. The lowest BCUT2D eigenvalue weighted by Crippen LogP contribution is -3.18. The first-order valence-corrected chi connectivity index (χ1v) is 49.9. The fraction of sp³-hybridized carbons (Fsp3) is 0.318. The molecule has 20 rings (SSSR count). The van der Waals surface area contributed by atoms with E-state index in [1.165, 1.54) is 66.0 Å². The van der Waals surface area contributed by atoms with Crippen molar-refractivity contribution in [2.75, 3.05) is 80.8 Å². The van der Waals surface area contributed by atoms with E-state index in [0.29, 0.717) is 141 Å². The molecule has 0 spiro atoms. The van der Waals surface area contributed by atoms with Crippen LogP contribution >= 0.6 is 11.6 Å². The minimum atomic E-state index is -3.73. The van der Waals surface area contributed by atoms with Crippen LogP contribution in [0.1, 0.15) is 136 Å². The molecular formula is C107H109ClF6N18O12S. The Balaban J connectivity index is 0.000000132. The number of hydrogen-bond acceptors (Lipinski definition) is 21. The lowest BCUT2D eigenvalue weighted by Gasteiger charge is -2.36. The summed E-state index contributed by atoms with van der Waals surface area (Å²) in [4.78, 5) is 110. The van der Waals surface area contributed by atoms with Gasteiger partial charge in [-0.2, -0.15) is 8.42 Å². The standard InChI is InChI=1S/C32H30FN3O4.C21H21F2N3O3S.C21H22FN5O.C19H19ClFN5O.C14H17FN2O3/c33-27-8-10-28(11-9-27)35-32(38)26-15-25(31(37)34-16-21-6-12-29-30(14-21)40-20-39-29)18-36(19-26)17-22-5-7-23-3-1-2-4-24(23)13-22;1-13(16-9-8-15(22)11-18(16)23)24-21(27)14-5-4-10-26(12-14)20-17-6-2-3-7-19(17)30(28,29)25-20;1-14(15-4-6-17(22)7-5-15)26-21(28)16-3-2-10-27(13-16)18-11-19-20(25-12-18)24-9-8-23-19;20-16-10-15(21)7-6-13(16)11-22-18(27)14-4-3-8-25(12-14)19-24-23-17-5-1-2-9-26(17)19;1-9(10-4-6-11(15)7-5-10)16-14(20)17-8-2-3-12(17)13(18)19/h1-14,25-26H,15-20H2,(H,34,37)(H,35,38);2-3,6-9,11,13-14H,4-5,10,12H2,1H3,(H,24,27);4-9,11-12,14,16H,2-3,10,13H2,1H3,(H,26,28);1-2,5-7,9-10,14H,3-4,8,11-12H2,(H,22,27);4-7,9,12H,2-3,8H2,1H3,(H,16,20)(H,18,19)/t25?,26-;13-,14?;14-,16?;;9-,12-/m100.0/s1. The molecule has 13 aromatic rings. The molecule has 10 atom stereocenters. The van der Waals surface area contributed by atoms with Crippen molar-refractivity contribution in [1.82, 2.24) is 65.9 Å². The quantitative estimate of drug-likeness (QED) is 0.0329. The maximum absolute atomic E-state index is 14.0. The molecule has 11 heterocycles. The molecule has 5 fully saturated rings. The number of rotatable bonds is 21. The Kier molecular flexibility index (Phi) is 33.7. The van der Waals surface area contributed by atoms with Gasteiger partial charge in [0.05, 0.1) is 72.1 Å². The van der Waals surface area contributed by atoms with E-state index >= 15 is 0 Å². The van der Waals surface area contributed by atoms with Crippen molar-refractivity contribution in [3.05, 3.63) is 322 Å². The van der Waals surface area contributed by atoms with Crippen LogP contribution in [0.4, 0.5) is 48.5 Å². The number of urea groups is 1. The molecule has 7 aliphatic rings. The van der Waals surface area contributed by atoms with E-state index in [-0.39, 0.29) is 107 Å². The van der Waals surface area contributed by atoms with E-state index < -0.39 is 57.4 Å². The van der Waals surface area contributed by atoms with Crippen molar-refractivity contribution in [3.63, 3.8) is 0 Å². The summed E-state index contributed by atoms with van der Waals surface area (Å²) in [5.74, 6) is -3.43. The van der Waals surface area contributed by atoms with Gasteiger partial charge in [-0.05, 0) is 220 Å². The fourth-order valence-corrected chi connectivity index (χ4v) is 20.4. The molecule has 754 valence electrons. The van der Waals surface area contributed by atoms with Crippen LogP contribution in [0.15, 0.2) is 252 Å². The van der Waals surface area contributed by atoms with E-state index in [1.54, 1.807) is 93.1 Å². The number of benzene rings is 9. The molecule has 5 saturated heterocycles. The third kappa shape index (κ3) is 26.6. The molecule has 9 aromatic carbocycles. The number of aromatic nitrogens is 6. The maximum atomic E-state index is 14.0. The summed E-state index contributed by atoms with van der Waals surface area (Å²) >= 11 is 6.03. The topological polar surface area (TPSA) is 366 Å². The van der Waals surface area contributed by atoms with Gasteiger partial charge in [0, 0.05) is 131 Å². The second-order valence-corrected chi connectivity index (χ2v) is 38.8. The number of ether oxygens (including phenoxy) is 2. The number of carboxylic acids is 1. The molecule has 0 aliphatic carbocycles. The fourth-order valence-electron chi connectivity index (χ4n) is 18.9. The Labute approximate surface area is 838 Å². The van der Waals surface area contributed by atoms with Gasteiger partial charge in [-0.15, -0.1) is 14.6 Å². The van der Waals surface area contributed by atoms with Crippen molar-refractivity contribution in [2.24, 2.45) is 34.0 Å². The molecule has 0 bridgehead atoms. The first-order valence-electron chi connectivity index (χ1n) is 48.1. The van der Waals surface area contributed by atoms with E-state index in [0.717, 1.165) is 101 Å². The Bertz CT molecular complexity index is 7010. The summed E-state index contributed by atoms with van der Waals surface area (Å²) < 4.78 is 121. The molecule has 4 aromatic heterocycles. The first-order chi connectivity index (χ1) is 70.0. The Morgan fingerprint density at radius 1 is 0.517 bits per heavy atom. The van der Waals surface area contributed by atoms with E-state index in [1.807, 2.05) is 77.0 Å². The minimum Gasteiger partial charge on any atom is -0.544 e. The number of carbonyl (C=O) groups excluding carboxylic acids is 7. The number of likely N-dealkylation sites (tertiary alicyclic amines) is 3. The highest BCUT2D eigenvalue weighted by Crippen LogP contribution is 2.36.